The molecule has 1 heterocycles. The quantitative estimate of drug-likeness (QED) is 0.199. The lowest BCUT2D eigenvalue weighted by Crippen LogP contribution is -2.42. The summed E-state index contributed by atoms with van der Waals surface area (Å²) in [6.45, 7) is 12.3. The van der Waals surface area contributed by atoms with E-state index in [1.807, 2.05) is 69.3 Å². The summed E-state index contributed by atoms with van der Waals surface area (Å²) in [4.78, 5) is 16.9. The number of rotatable bonds is 5. The first-order valence-electron chi connectivity index (χ1n) is 12.1. The molecule has 0 saturated heterocycles. The minimum atomic E-state index is -0.579. The van der Waals surface area contributed by atoms with Crippen molar-refractivity contribution >= 4 is 22.5 Å². The summed E-state index contributed by atoms with van der Waals surface area (Å²) >= 11 is 0. The Kier molecular flexibility index (Phi) is 8.61. The van der Waals surface area contributed by atoms with Gasteiger partial charge >= 0.3 is 6.03 Å². The molecule has 0 aliphatic carbocycles. The van der Waals surface area contributed by atoms with Crippen molar-refractivity contribution < 1.29 is 12.2 Å². The van der Waals surface area contributed by atoms with Crippen molar-refractivity contribution in [3.8, 4) is 22.8 Å². The van der Waals surface area contributed by atoms with Crippen LogP contribution >= 0.6 is 0 Å². The number of aromatic nitrogens is 2. The van der Waals surface area contributed by atoms with E-state index in [1.54, 1.807) is 12.1 Å². The van der Waals surface area contributed by atoms with E-state index >= 15 is 0 Å². The summed E-state index contributed by atoms with van der Waals surface area (Å²) in [6.07, 6.45) is 1.27. The third-order valence-corrected chi connectivity index (χ3v) is 5.76. The lowest BCUT2D eigenvalue weighted by molar-refractivity contribution is 0.250. The van der Waals surface area contributed by atoms with Crippen LogP contribution in [0.15, 0.2) is 82.9 Å². The second-order valence-electron chi connectivity index (χ2n) is 9.25. The largest absolute Gasteiger partial charge is 0.334 e. The highest BCUT2D eigenvalue weighted by Crippen LogP contribution is 2.29. The van der Waals surface area contributed by atoms with E-state index in [4.69, 9.17) is 10.3 Å². The van der Waals surface area contributed by atoms with Gasteiger partial charge in [-0.05, 0) is 53.5 Å². The Morgan fingerprint density at radius 2 is 1.69 bits per heavy atom. The molecule has 0 fully saturated rings. The fourth-order valence-electron chi connectivity index (χ4n) is 3.45. The first-order valence-corrected chi connectivity index (χ1v) is 12.1. The topological polar surface area (TPSA) is 106 Å². The molecule has 1 atom stereocenters. The van der Waals surface area contributed by atoms with E-state index in [2.05, 4.69) is 53.7 Å². The van der Waals surface area contributed by atoms with Crippen molar-refractivity contribution in [2.75, 3.05) is 5.32 Å². The third-order valence-electron chi connectivity index (χ3n) is 5.76. The second kappa shape index (κ2) is 11.6. The molecule has 7 nitrogen and oxygen atoms in total. The van der Waals surface area contributed by atoms with Crippen LogP contribution in [-0.4, -0.2) is 22.3 Å². The van der Waals surface area contributed by atoms with E-state index in [0.29, 0.717) is 17.4 Å². The summed E-state index contributed by atoms with van der Waals surface area (Å²) in [5.74, 6) is 0.935. The second-order valence-corrected chi connectivity index (χ2v) is 9.25. The minimum absolute atomic E-state index is 0. The minimum Gasteiger partial charge on any atom is -0.334 e. The highest BCUT2D eigenvalue weighted by molar-refractivity contribution is 5.95. The van der Waals surface area contributed by atoms with E-state index in [0.717, 1.165) is 27.5 Å². The first kappa shape index (κ1) is 26.6. The van der Waals surface area contributed by atoms with Crippen molar-refractivity contribution in [3.63, 3.8) is 0 Å². The average molecular weight is 490 g/mol. The van der Waals surface area contributed by atoms with Crippen LogP contribution in [0.4, 0.5) is 10.5 Å². The summed E-state index contributed by atoms with van der Waals surface area (Å²) < 4.78 is 5.51. The number of benzene rings is 3. The molecule has 1 aromatic heterocycles. The van der Waals surface area contributed by atoms with Gasteiger partial charge in [-0.15, -0.1) is 0 Å². The Bertz CT molecular complexity index is 1340. The molecule has 3 aromatic carbocycles. The molecule has 4 N–H and O–H groups in total. The van der Waals surface area contributed by atoms with Gasteiger partial charge in [-0.3, -0.25) is 0 Å². The number of urea groups is 1. The molecule has 0 spiro atoms. The summed E-state index contributed by atoms with van der Waals surface area (Å²) in [6, 6.07) is 20.9. The van der Waals surface area contributed by atoms with Gasteiger partial charge in [0.15, 0.2) is 0 Å². The monoisotopic (exact) mass is 489 g/mol. The highest BCUT2D eigenvalue weighted by Gasteiger charge is 2.15. The zero-order valence-corrected chi connectivity index (χ0v) is 21.8. The number of nitrogens with two attached hydrogens (primary N) is 1. The average Bonchev–Trinajstić information content (AvgIpc) is 3.35. The molecule has 192 valence electrons. The molecule has 4 rings (SSSR count). The van der Waals surface area contributed by atoms with Crippen molar-refractivity contribution in [2.45, 2.75) is 47.7 Å². The molecule has 0 saturated carbocycles. The van der Waals surface area contributed by atoms with Gasteiger partial charge in [0.1, 0.15) is 0 Å². The van der Waals surface area contributed by atoms with Crippen molar-refractivity contribution in [1.82, 2.24) is 15.5 Å². The van der Waals surface area contributed by atoms with E-state index in [-0.39, 0.29) is 14.3 Å². The van der Waals surface area contributed by atoms with Gasteiger partial charge in [-0.2, -0.15) is 4.98 Å². The fraction of sp³-hybridized carbons (Fsp3) is 0.276. The predicted molar refractivity (Wildman–Crippen MR) is 152 cm³/mol. The molecule has 0 aliphatic rings. The van der Waals surface area contributed by atoms with Crippen LogP contribution in [0.2, 0.25) is 0 Å². The Morgan fingerprint density at radius 3 is 2.39 bits per heavy atom. The van der Waals surface area contributed by atoms with Gasteiger partial charge in [0.25, 0.3) is 5.89 Å². The molecule has 0 bridgehead atoms. The Hall–Kier alpha value is -3.97. The molecular weight excluding hydrogens is 450 g/mol. The summed E-state index contributed by atoms with van der Waals surface area (Å²) in [7, 11) is 0. The molecule has 0 radical (unpaired) electrons. The number of fused-ring (bicyclic) bond motifs is 1. The van der Waals surface area contributed by atoms with Crippen LogP contribution in [-0.2, 0) is 0 Å². The Morgan fingerprint density at radius 1 is 1.03 bits per heavy atom. The number of hydrogen-bond acceptors (Lipinski definition) is 5. The maximum Gasteiger partial charge on any atom is 0.320 e. The smallest absolute Gasteiger partial charge is 0.320 e. The summed E-state index contributed by atoms with van der Waals surface area (Å²) in [5.41, 5.74) is 9.42. The number of anilines is 1. The van der Waals surface area contributed by atoms with Gasteiger partial charge in [-0.25, -0.2) is 4.79 Å². The van der Waals surface area contributed by atoms with Crippen LogP contribution in [0.3, 0.4) is 0 Å². The molecule has 4 aromatic rings. The van der Waals surface area contributed by atoms with E-state index in [1.165, 1.54) is 0 Å². The zero-order chi connectivity index (χ0) is 26.3. The standard InChI is InChI=1S/C27H29N5O2.C2H6.2H2/c1-17(27(2,3)4)16-23(28)30-26(33)29-20-14-12-19(13-15-20)25-31-24(32-34-25)22-11-7-9-18-8-5-6-10-21(18)22;1-2;;/h5-16,23H,28H2,1-4H3,(H2,29,30,33);1-2H3;2*1H/b17-16+;;;. The van der Waals surface area contributed by atoms with Crippen LogP contribution in [0.1, 0.15) is 44.4 Å². The maximum atomic E-state index is 12.3. The predicted octanol–water partition coefficient (Wildman–Crippen LogP) is 7.47. The molecule has 7 heteroatoms. The number of hydrogen-bond donors (Lipinski definition) is 3. The van der Waals surface area contributed by atoms with Gasteiger partial charge in [0, 0.05) is 19.7 Å². The molecule has 1 unspecified atom stereocenters. The number of nitrogens with zero attached hydrogens (tertiary/aromatic N) is 2. The van der Waals surface area contributed by atoms with E-state index < -0.39 is 6.17 Å². The number of nitrogens with one attached hydrogen (secondary N) is 2. The van der Waals surface area contributed by atoms with E-state index in [9.17, 15) is 4.79 Å². The molecule has 0 aliphatic heterocycles. The fourth-order valence-corrected chi connectivity index (χ4v) is 3.45. The normalized spacial score (nSPS) is 12.5. The molecule has 36 heavy (non-hydrogen) atoms. The number of carbonyl (C=O) groups excluding carboxylic acids is 1. The van der Waals surface area contributed by atoms with Gasteiger partial charge in [0.05, 0.1) is 6.17 Å². The Labute approximate surface area is 215 Å². The number of allylic oxidation sites excluding steroid dienone is 1. The van der Waals surface area contributed by atoms with Crippen molar-refractivity contribution in [3.05, 3.63) is 78.4 Å². The van der Waals surface area contributed by atoms with Crippen LogP contribution in [0.5, 0.6) is 0 Å². The third kappa shape index (κ3) is 6.58. The first-order chi connectivity index (χ1) is 17.2. The van der Waals surface area contributed by atoms with Crippen LogP contribution in [0.25, 0.3) is 33.6 Å². The maximum absolute atomic E-state index is 12.3. The lowest BCUT2D eigenvalue weighted by atomic mass is 9.87. The molecular formula is C29H39N5O2. The lowest BCUT2D eigenvalue weighted by Gasteiger charge is -2.21. The van der Waals surface area contributed by atoms with Gasteiger partial charge in [0.2, 0.25) is 5.82 Å². The van der Waals surface area contributed by atoms with Crippen LogP contribution in [0, 0.1) is 5.41 Å². The van der Waals surface area contributed by atoms with Gasteiger partial charge < -0.3 is 20.9 Å². The zero-order valence-electron chi connectivity index (χ0n) is 21.8. The Balaban J connectivity index is 0.00000176. The van der Waals surface area contributed by atoms with Crippen LogP contribution < -0.4 is 16.4 Å². The summed E-state index contributed by atoms with van der Waals surface area (Å²) in [5, 5.41) is 11.9. The van der Waals surface area contributed by atoms with Gasteiger partial charge in [-0.1, -0.05) is 87.8 Å². The van der Waals surface area contributed by atoms with Crippen molar-refractivity contribution in [2.24, 2.45) is 11.1 Å². The number of amides is 2. The molecule has 2 amide bonds. The SMILES string of the molecule is C/C(=C\C(N)NC(=O)Nc1ccc(-c2nc(-c3cccc4ccccc34)no2)cc1)C(C)(C)C.CC.[HH].[HH]. The highest BCUT2D eigenvalue weighted by atomic mass is 16.5. The van der Waals surface area contributed by atoms with Crippen molar-refractivity contribution in [1.29, 1.82) is 0 Å². The number of carbonyl (C=O) groups is 1.